The molecule has 0 aliphatic carbocycles. The van der Waals surface area contributed by atoms with Gasteiger partial charge in [-0.15, -0.1) is 0 Å². The number of rotatable bonds is 6. The molecule has 3 saturated heterocycles. The molecule has 26 heavy (non-hydrogen) atoms. The SMILES string of the molecule is Cc1occc1C(=O)N1CC2(C1)OCCC2CCOCC1CCOCC1. The number of hydrogen-bond acceptors (Lipinski definition) is 5. The highest BCUT2D eigenvalue weighted by Crippen LogP contribution is 2.42. The molecule has 1 aromatic heterocycles. The van der Waals surface area contributed by atoms with Crippen molar-refractivity contribution in [2.75, 3.05) is 46.1 Å². The molecule has 1 atom stereocenters. The van der Waals surface area contributed by atoms with Crippen molar-refractivity contribution < 1.29 is 23.4 Å². The Balaban J connectivity index is 1.23. The Kier molecular flexibility index (Phi) is 5.34. The molecule has 0 N–H and O–H groups in total. The van der Waals surface area contributed by atoms with E-state index in [9.17, 15) is 4.79 Å². The predicted octanol–water partition coefficient (Wildman–Crippen LogP) is 2.65. The van der Waals surface area contributed by atoms with Crippen LogP contribution in [0.3, 0.4) is 0 Å². The van der Waals surface area contributed by atoms with Crippen LogP contribution in [0.1, 0.15) is 41.8 Å². The Morgan fingerprint density at radius 3 is 2.81 bits per heavy atom. The van der Waals surface area contributed by atoms with Gasteiger partial charge in [0.15, 0.2) is 0 Å². The van der Waals surface area contributed by atoms with Crippen LogP contribution in [0.2, 0.25) is 0 Å². The second kappa shape index (κ2) is 7.71. The van der Waals surface area contributed by atoms with Gasteiger partial charge in [0.1, 0.15) is 11.4 Å². The number of carbonyl (C=O) groups excluding carboxylic acids is 1. The van der Waals surface area contributed by atoms with Gasteiger partial charge in [0.25, 0.3) is 5.91 Å². The number of furan rings is 1. The highest BCUT2D eigenvalue weighted by molar-refractivity contribution is 5.95. The maximum absolute atomic E-state index is 12.6. The Bertz CT molecular complexity index is 615. The smallest absolute Gasteiger partial charge is 0.257 e. The predicted molar refractivity (Wildman–Crippen MR) is 95.1 cm³/mol. The van der Waals surface area contributed by atoms with E-state index in [0.29, 0.717) is 36.2 Å². The van der Waals surface area contributed by atoms with Crippen LogP contribution in [0.4, 0.5) is 0 Å². The molecular formula is C20H29NO5. The topological polar surface area (TPSA) is 61.1 Å². The van der Waals surface area contributed by atoms with Crippen LogP contribution in [-0.4, -0.2) is 62.5 Å². The van der Waals surface area contributed by atoms with E-state index in [1.807, 2.05) is 11.8 Å². The van der Waals surface area contributed by atoms with Crippen LogP contribution in [-0.2, 0) is 14.2 Å². The lowest BCUT2D eigenvalue weighted by atomic mass is 9.79. The number of amides is 1. The molecule has 4 heterocycles. The molecular weight excluding hydrogens is 334 g/mol. The summed E-state index contributed by atoms with van der Waals surface area (Å²) in [6.45, 7) is 7.34. The van der Waals surface area contributed by atoms with Crippen LogP contribution in [0.15, 0.2) is 16.7 Å². The van der Waals surface area contributed by atoms with Crippen LogP contribution in [0, 0.1) is 18.8 Å². The molecule has 0 aromatic carbocycles. The minimum atomic E-state index is -0.157. The Hall–Kier alpha value is -1.37. The summed E-state index contributed by atoms with van der Waals surface area (Å²) < 4.78 is 22.7. The fraction of sp³-hybridized carbons (Fsp3) is 0.750. The van der Waals surface area contributed by atoms with Gasteiger partial charge < -0.3 is 23.5 Å². The van der Waals surface area contributed by atoms with E-state index in [-0.39, 0.29) is 11.5 Å². The fourth-order valence-corrected chi connectivity index (χ4v) is 4.45. The standard InChI is InChI=1S/C20H29NO5/c1-15-18(6-10-25-15)19(22)21-13-20(14-21)17(5-11-26-20)4-9-24-12-16-2-7-23-8-3-16/h6,10,16-17H,2-5,7-9,11-14H2,1H3. The summed E-state index contributed by atoms with van der Waals surface area (Å²) in [5.74, 6) is 1.85. The van der Waals surface area contributed by atoms with Gasteiger partial charge in [0.05, 0.1) is 24.9 Å². The van der Waals surface area contributed by atoms with Gasteiger partial charge in [-0.05, 0) is 50.5 Å². The largest absolute Gasteiger partial charge is 0.469 e. The molecule has 6 nitrogen and oxygen atoms in total. The monoisotopic (exact) mass is 363 g/mol. The molecule has 3 aliphatic rings. The molecule has 1 spiro atoms. The molecule has 6 heteroatoms. The first-order valence-electron chi connectivity index (χ1n) is 9.81. The van der Waals surface area contributed by atoms with Crippen molar-refractivity contribution in [3.63, 3.8) is 0 Å². The maximum Gasteiger partial charge on any atom is 0.257 e. The lowest BCUT2D eigenvalue weighted by Gasteiger charge is -2.50. The normalized spacial score (nSPS) is 25.6. The Morgan fingerprint density at radius 2 is 2.08 bits per heavy atom. The highest BCUT2D eigenvalue weighted by atomic mass is 16.5. The van der Waals surface area contributed by atoms with Crippen LogP contribution >= 0.6 is 0 Å². The first kappa shape index (κ1) is 18.0. The zero-order valence-electron chi connectivity index (χ0n) is 15.6. The number of carbonyl (C=O) groups is 1. The van der Waals surface area contributed by atoms with E-state index in [4.69, 9.17) is 18.6 Å². The number of nitrogens with zero attached hydrogens (tertiary/aromatic N) is 1. The minimum absolute atomic E-state index is 0.0480. The van der Waals surface area contributed by atoms with Crippen molar-refractivity contribution >= 4 is 5.91 Å². The average molecular weight is 363 g/mol. The third kappa shape index (κ3) is 3.55. The molecule has 3 aliphatic heterocycles. The van der Waals surface area contributed by atoms with Gasteiger partial charge in [-0.25, -0.2) is 0 Å². The summed E-state index contributed by atoms with van der Waals surface area (Å²) >= 11 is 0. The zero-order chi connectivity index (χ0) is 18.0. The summed E-state index contributed by atoms with van der Waals surface area (Å²) in [5.41, 5.74) is 0.504. The molecule has 1 amide bonds. The highest BCUT2D eigenvalue weighted by Gasteiger charge is 2.54. The fourth-order valence-electron chi connectivity index (χ4n) is 4.45. The summed E-state index contributed by atoms with van der Waals surface area (Å²) in [4.78, 5) is 14.4. The maximum atomic E-state index is 12.6. The Morgan fingerprint density at radius 1 is 1.27 bits per heavy atom. The molecule has 144 valence electrons. The first-order chi connectivity index (χ1) is 12.7. The molecule has 0 bridgehead atoms. The van der Waals surface area contributed by atoms with Gasteiger partial charge in [-0.2, -0.15) is 0 Å². The second-order valence-corrected chi connectivity index (χ2v) is 7.87. The van der Waals surface area contributed by atoms with Crippen molar-refractivity contribution in [3.8, 4) is 0 Å². The van der Waals surface area contributed by atoms with Gasteiger partial charge in [0.2, 0.25) is 0 Å². The zero-order valence-corrected chi connectivity index (χ0v) is 15.6. The average Bonchev–Trinajstić information content (AvgIpc) is 3.24. The van der Waals surface area contributed by atoms with Gasteiger partial charge in [-0.3, -0.25) is 4.79 Å². The number of likely N-dealkylation sites (tertiary alicyclic amines) is 1. The first-order valence-corrected chi connectivity index (χ1v) is 9.81. The third-order valence-corrected chi connectivity index (χ3v) is 6.20. The van der Waals surface area contributed by atoms with E-state index in [0.717, 1.165) is 58.7 Å². The molecule has 0 radical (unpaired) electrons. The van der Waals surface area contributed by atoms with E-state index in [2.05, 4.69) is 0 Å². The lowest BCUT2D eigenvalue weighted by molar-refractivity contribution is -0.121. The van der Waals surface area contributed by atoms with Crippen LogP contribution in [0.5, 0.6) is 0 Å². The molecule has 1 aromatic rings. The Labute approximate surface area is 154 Å². The summed E-state index contributed by atoms with van der Waals surface area (Å²) in [6, 6.07) is 1.75. The number of aryl methyl sites for hydroxylation is 1. The quantitative estimate of drug-likeness (QED) is 0.727. The van der Waals surface area contributed by atoms with Gasteiger partial charge in [0, 0.05) is 33.0 Å². The molecule has 0 saturated carbocycles. The minimum Gasteiger partial charge on any atom is -0.469 e. The van der Waals surface area contributed by atoms with E-state index < -0.39 is 0 Å². The molecule has 1 unspecified atom stereocenters. The summed E-state index contributed by atoms with van der Waals surface area (Å²) in [6.07, 6.45) is 5.87. The lowest BCUT2D eigenvalue weighted by Crippen LogP contribution is -2.66. The molecule has 4 rings (SSSR count). The van der Waals surface area contributed by atoms with Crippen LogP contribution < -0.4 is 0 Å². The van der Waals surface area contributed by atoms with Gasteiger partial charge >= 0.3 is 0 Å². The number of ether oxygens (including phenoxy) is 3. The van der Waals surface area contributed by atoms with Crippen molar-refractivity contribution in [1.29, 1.82) is 0 Å². The third-order valence-electron chi connectivity index (χ3n) is 6.20. The summed E-state index contributed by atoms with van der Waals surface area (Å²) in [5, 5.41) is 0. The van der Waals surface area contributed by atoms with Gasteiger partial charge in [-0.1, -0.05) is 0 Å². The van der Waals surface area contributed by atoms with Crippen molar-refractivity contribution in [1.82, 2.24) is 4.90 Å². The van der Waals surface area contributed by atoms with E-state index in [1.165, 1.54) is 0 Å². The second-order valence-electron chi connectivity index (χ2n) is 7.87. The number of hydrogen-bond donors (Lipinski definition) is 0. The van der Waals surface area contributed by atoms with E-state index >= 15 is 0 Å². The van der Waals surface area contributed by atoms with Crippen molar-refractivity contribution in [3.05, 3.63) is 23.7 Å². The molecule has 3 fully saturated rings. The van der Waals surface area contributed by atoms with Crippen molar-refractivity contribution in [2.45, 2.75) is 38.2 Å². The van der Waals surface area contributed by atoms with Crippen molar-refractivity contribution in [2.24, 2.45) is 11.8 Å². The summed E-state index contributed by atoms with van der Waals surface area (Å²) in [7, 11) is 0. The van der Waals surface area contributed by atoms with Crippen LogP contribution in [0.25, 0.3) is 0 Å². The van der Waals surface area contributed by atoms with E-state index in [1.54, 1.807) is 12.3 Å².